The van der Waals surface area contributed by atoms with Gasteiger partial charge in [0.25, 0.3) is 0 Å². The summed E-state index contributed by atoms with van der Waals surface area (Å²) in [6, 6.07) is 111. The van der Waals surface area contributed by atoms with Crippen molar-refractivity contribution in [1.29, 1.82) is 0 Å². The molecule has 16 rings (SSSR count). The maximum atomic E-state index is 3.40. The number of hydrogen-bond donors (Lipinski definition) is 0. The van der Waals surface area contributed by atoms with Gasteiger partial charge in [-0.25, -0.2) is 0 Å². The number of hydrogen-bond acceptors (Lipinski definition) is 1. The first-order valence-electron chi connectivity index (χ1n) is 26.8. The molecule has 1 aromatic heterocycles. The van der Waals surface area contributed by atoms with Crippen LogP contribution in [0.3, 0.4) is 0 Å². The standard InChI is InChI=1S/C75H48N2/c1-4-23-51(24-5-1)53-45-50(46-54(47-53)52-25-6-2-7-26-52)49-76-70-41-21-14-33-61(70)62-44-43-56(48-72(62)76)77(55-27-8-3-9-28-55)71-42-22-40-69-73(71)75(65-36-17-12-31-59(65)60-32-13-18-37-66(60)75)68-39-20-19-38-67(68)74(69)63-34-15-10-29-57(63)58-30-11-16-35-64(58)74/h1-6,8-25,27-48H,49H2. The van der Waals surface area contributed by atoms with E-state index in [-0.39, 0.29) is 0 Å². The molecule has 358 valence electrons. The zero-order chi connectivity index (χ0) is 50.7. The van der Waals surface area contributed by atoms with Crippen LogP contribution < -0.4 is 4.90 Å². The third-order valence-electron chi connectivity index (χ3n) is 17.1. The van der Waals surface area contributed by atoms with E-state index in [0.717, 1.165) is 28.2 Å². The van der Waals surface area contributed by atoms with Crippen molar-refractivity contribution in [3.05, 3.63) is 341 Å². The molecule has 0 aliphatic heterocycles. The molecule has 2 nitrogen and oxygen atoms in total. The van der Waals surface area contributed by atoms with Crippen molar-refractivity contribution in [2.75, 3.05) is 4.90 Å². The summed E-state index contributed by atoms with van der Waals surface area (Å²) in [5, 5.41) is 2.46. The van der Waals surface area contributed by atoms with E-state index in [9.17, 15) is 0 Å². The van der Waals surface area contributed by atoms with Gasteiger partial charge in [-0.3, -0.25) is 0 Å². The Hall–Kier alpha value is -9.94. The predicted octanol–water partition coefficient (Wildman–Crippen LogP) is 18.3. The van der Waals surface area contributed by atoms with Gasteiger partial charge in [0.1, 0.15) is 0 Å². The highest BCUT2D eigenvalue weighted by Crippen LogP contribution is 2.69. The normalized spacial score (nSPS) is 13.6. The van der Waals surface area contributed by atoms with Gasteiger partial charge < -0.3 is 9.47 Å². The zero-order valence-electron chi connectivity index (χ0n) is 42.2. The van der Waals surface area contributed by atoms with E-state index in [1.54, 1.807) is 0 Å². The summed E-state index contributed by atoms with van der Waals surface area (Å²) in [7, 11) is 0. The maximum Gasteiger partial charge on any atom is 0.0740 e. The molecule has 0 atom stereocenters. The summed E-state index contributed by atoms with van der Waals surface area (Å²) < 4.78 is 2.54. The van der Waals surface area contributed by atoms with Crippen LogP contribution in [0.5, 0.6) is 0 Å². The molecule has 0 amide bonds. The summed E-state index contributed by atoms with van der Waals surface area (Å²) in [6.07, 6.45) is 0. The number of benzene rings is 11. The fourth-order valence-electron chi connectivity index (χ4n) is 14.3. The summed E-state index contributed by atoms with van der Waals surface area (Å²) in [5.74, 6) is 0. The van der Waals surface area contributed by atoms with Crippen LogP contribution in [0.4, 0.5) is 17.1 Å². The zero-order valence-corrected chi connectivity index (χ0v) is 42.2. The summed E-state index contributed by atoms with van der Waals surface area (Å²) in [4.78, 5) is 2.57. The minimum absolute atomic E-state index is 0.617. The van der Waals surface area contributed by atoms with Crippen LogP contribution >= 0.6 is 0 Å². The summed E-state index contributed by atoms with van der Waals surface area (Å²) >= 11 is 0. The molecule has 0 radical (unpaired) electrons. The van der Waals surface area contributed by atoms with Crippen LogP contribution in [-0.2, 0) is 17.4 Å². The van der Waals surface area contributed by atoms with Gasteiger partial charge in [0.15, 0.2) is 0 Å². The second kappa shape index (κ2) is 16.8. The number of aromatic nitrogens is 1. The van der Waals surface area contributed by atoms with Crippen LogP contribution in [0.25, 0.3) is 66.3 Å². The van der Waals surface area contributed by atoms with Crippen molar-refractivity contribution in [2.24, 2.45) is 0 Å². The highest BCUT2D eigenvalue weighted by atomic mass is 15.1. The van der Waals surface area contributed by atoms with Crippen LogP contribution in [0.2, 0.25) is 0 Å². The van der Waals surface area contributed by atoms with Crippen molar-refractivity contribution in [1.82, 2.24) is 4.57 Å². The van der Waals surface area contributed by atoms with Crippen LogP contribution in [0.1, 0.15) is 50.1 Å². The molecule has 0 saturated carbocycles. The lowest BCUT2D eigenvalue weighted by Gasteiger charge is -2.50. The fraction of sp³-hybridized carbons (Fsp3) is 0.0400. The van der Waals surface area contributed by atoms with E-state index in [0.29, 0.717) is 6.54 Å². The molecule has 77 heavy (non-hydrogen) atoms. The molecule has 2 heteroatoms. The minimum atomic E-state index is -0.686. The van der Waals surface area contributed by atoms with Crippen molar-refractivity contribution in [3.8, 4) is 44.5 Å². The first-order valence-corrected chi connectivity index (χ1v) is 26.8. The minimum Gasteiger partial charge on any atom is -0.336 e. The number of fused-ring (bicyclic) bond motifs is 19. The van der Waals surface area contributed by atoms with Gasteiger partial charge in [0.05, 0.1) is 22.0 Å². The van der Waals surface area contributed by atoms with Gasteiger partial charge in [-0.05, 0) is 150 Å². The van der Waals surface area contributed by atoms with Crippen molar-refractivity contribution >= 4 is 38.9 Å². The molecular formula is C75H48N2. The number of anilines is 3. The van der Waals surface area contributed by atoms with Gasteiger partial charge in [-0.2, -0.15) is 0 Å². The van der Waals surface area contributed by atoms with Crippen LogP contribution in [0.15, 0.2) is 279 Å². The molecule has 0 saturated heterocycles. The van der Waals surface area contributed by atoms with E-state index in [4.69, 9.17) is 0 Å². The lowest BCUT2D eigenvalue weighted by atomic mass is 9.52. The van der Waals surface area contributed by atoms with Crippen LogP contribution in [-0.4, -0.2) is 4.57 Å². The fourth-order valence-corrected chi connectivity index (χ4v) is 14.3. The second-order valence-corrected chi connectivity index (χ2v) is 20.9. The van der Waals surface area contributed by atoms with Gasteiger partial charge >= 0.3 is 0 Å². The number of para-hydroxylation sites is 2. The lowest BCUT2D eigenvalue weighted by Crippen LogP contribution is -2.44. The SMILES string of the molecule is c1cccc(-c2cc(Cn3c4ccccc4c4ccc(N(c5ccccc5)c5cccc6c5C5(c7ccccc7-c7ccccc75)c5ccccc5C65c6ccccc6-c6ccccc65)cc43)cc(-c3ccccc3)c2)c#1. The molecule has 0 unspecified atom stereocenters. The van der Waals surface area contributed by atoms with Crippen molar-refractivity contribution in [2.45, 2.75) is 17.4 Å². The Kier molecular flexibility index (Phi) is 9.47. The monoisotopic (exact) mass is 976 g/mol. The average Bonchev–Trinajstić information content (AvgIpc) is 4.11. The highest BCUT2D eigenvalue weighted by molar-refractivity contribution is 6.09. The molecule has 2 spiro atoms. The molecular weight excluding hydrogens is 929 g/mol. The van der Waals surface area contributed by atoms with Gasteiger partial charge in [-0.15, -0.1) is 0 Å². The third kappa shape index (κ3) is 6.09. The summed E-state index contributed by atoms with van der Waals surface area (Å²) in [6.45, 7) is 0.665. The topological polar surface area (TPSA) is 8.17 Å². The van der Waals surface area contributed by atoms with Crippen molar-refractivity contribution in [3.63, 3.8) is 0 Å². The first-order chi connectivity index (χ1) is 38.2. The number of nitrogens with zero attached hydrogens (tertiary/aromatic N) is 2. The Morgan fingerprint density at radius 3 is 1.53 bits per heavy atom. The molecule has 0 fully saturated rings. The van der Waals surface area contributed by atoms with E-state index in [1.165, 1.54) is 105 Å². The van der Waals surface area contributed by atoms with E-state index >= 15 is 0 Å². The average molecular weight is 977 g/mol. The Labute approximate surface area is 449 Å². The molecule has 0 N–H and O–H groups in total. The molecule has 12 aromatic carbocycles. The largest absolute Gasteiger partial charge is 0.336 e. The highest BCUT2D eigenvalue weighted by Gasteiger charge is 2.60. The molecule has 0 bridgehead atoms. The molecule has 3 aliphatic rings. The van der Waals surface area contributed by atoms with E-state index in [2.05, 4.69) is 289 Å². The Morgan fingerprint density at radius 1 is 0.351 bits per heavy atom. The van der Waals surface area contributed by atoms with Gasteiger partial charge in [-0.1, -0.05) is 224 Å². The van der Waals surface area contributed by atoms with Gasteiger partial charge in [0.2, 0.25) is 0 Å². The molecule has 3 aliphatic carbocycles. The maximum absolute atomic E-state index is 3.40. The molecule has 13 aromatic rings. The van der Waals surface area contributed by atoms with E-state index in [1.807, 2.05) is 12.1 Å². The van der Waals surface area contributed by atoms with Crippen molar-refractivity contribution < 1.29 is 0 Å². The number of rotatable bonds is 7. The quantitative estimate of drug-likeness (QED) is 0.154. The predicted molar refractivity (Wildman–Crippen MR) is 316 cm³/mol. The Bertz CT molecular complexity index is 4340. The smallest absolute Gasteiger partial charge is 0.0740 e. The Morgan fingerprint density at radius 2 is 0.883 bits per heavy atom. The lowest BCUT2D eigenvalue weighted by molar-refractivity contribution is 0.633. The third-order valence-corrected chi connectivity index (χ3v) is 17.1. The van der Waals surface area contributed by atoms with Gasteiger partial charge in [0, 0.05) is 45.3 Å². The molecule has 1 heterocycles. The Balaban J connectivity index is 0.993. The first kappa shape index (κ1) is 43.5. The second-order valence-electron chi connectivity index (χ2n) is 20.9. The van der Waals surface area contributed by atoms with Crippen LogP contribution in [0, 0.1) is 12.1 Å². The summed E-state index contributed by atoms with van der Waals surface area (Å²) in [5.41, 5.74) is 25.8. The van der Waals surface area contributed by atoms with E-state index < -0.39 is 10.8 Å².